The van der Waals surface area contributed by atoms with Crippen LogP contribution < -0.4 is 0 Å². The van der Waals surface area contributed by atoms with E-state index >= 15 is 0 Å². The van der Waals surface area contributed by atoms with Gasteiger partial charge in [0.1, 0.15) is 0 Å². The Hall–Kier alpha value is -7.16. The molecule has 0 amide bonds. The smallest absolute Gasteiger partial charge is 0.0900 e. The van der Waals surface area contributed by atoms with Gasteiger partial charge in [-0.05, 0) is 116 Å². The van der Waals surface area contributed by atoms with Crippen LogP contribution in [-0.2, 0) is 11.8 Å². The van der Waals surface area contributed by atoms with E-state index in [2.05, 4.69) is 194 Å². The van der Waals surface area contributed by atoms with Gasteiger partial charge >= 0.3 is 0 Å². The molecule has 0 saturated heterocycles. The number of pyridine rings is 2. The highest BCUT2D eigenvalue weighted by Crippen LogP contribution is 2.55. The summed E-state index contributed by atoms with van der Waals surface area (Å²) < 4.78 is 0. The Morgan fingerprint density at radius 2 is 1.38 bits per heavy atom. The summed E-state index contributed by atoms with van der Waals surface area (Å²) in [6.45, 7) is 6.67. The van der Waals surface area contributed by atoms with Gasteiger partial charge in [0.2, 0.25) is 0 Å². The van der Waals surface area contributed by atoms with Crippen molar-refractivity contribution in [2.75, 3.05) is 0 Å². The van der Waals surface area contributed by atoms with E-state index in [1.165, 1.54) is 61.2 Å². The second kappa shape index (κ2) is 14.7. The van der Waals surface area contributed by atoms with Crippen molar-refractivity contribution < 1.29 is 0 Å². The first-order valence-corrected chi connectivity index (χ1v) is 20.1. The maximum Gasteiger partial charge on any atom is 0.0900 e. The number of hydrogen-bond acceptors (Lipinski definition) is 2. The molecule has 2 aliphatic rings. The monoisotopic (exact) mass is 742 g/mol. The van der Waals surface area contributed by atoms with Gasteiger partial charge in [-0.3, -0.25) is 4.98 Å². The second-order valence-electron chi connectivity index (χ2n) is 15.4. The average molecular weight is 743 g/mol. The Bertz CT molecular complexity index is 2880. The van der Waals surface area contributed by atoms with Crippen molar-refractivity contribution in [3.63, 3.8) is 0 Å². The lowest BCUT2D eigenvalue weighted by Crippen LogP contribution is -2.29. The molecule has 6 aromatic carbocycles. The molecule has 0 fully saturated rings. The number of allylic oxidation sites excluding steroid dienone is 6. The first kappa shape index (κ1) is 35.3. The first-order chi connectivity index (χ1) is 28.6. The zero-order valence-electron chi connectivity index (χ0n) is 32.5. The van der Waals surface area contributed by atoms with Gasteiger partial charge in [-0.1, -0.05) is 176 Å². The van der Waals surface area contributed by atoms with E-state index in [-0.39, 0.29) is 5.92 Å². The van der Waals surface area contributed by atoms with E-state index in [1.54, 1.807) is 0 Å². The van der Waals surface area contributed by atoms with Crippen LogP contribution in [0.15, 0.2) is 213 Å². The van der Waals surface area contributed by atoms with Gasteiger partial charge in [-0.2, -0.15) is 0 Å². The molecule has 0 spiro atoms. The molecule has 1 atom stereocenters. The van der Waals surface area contributed by atoms with E-state index in [0.29, 0.717) is 0 Å². The topological polar surface area (TPSA) is 25.8 Å². The molecular formula is C56H42N2. The van der Waals surface area contributed by atoms with Crippen molar-refractivity contribution in [2.45, 2.75) is 24.7 Å². The number of hydrogen-bond donors (Lipinski definition) is 0. The fourth-order valence-electron chi connectivity index (χ4n) is 9.36. The molecule has 2 heteroatoms. The van der Waals surface area contributed by atoms with Gasteiger partial charge in [-0.25, -0.2) is 4.98 Å². The highest BCUT2D eigenvalue weighted by Gasteiger charge is 2.45. The maximum atomic E-state index is 5.20. The first-order valence-electron chi connectivity index (χ1n) is 20.1. The van der Waals surface area contributed by atoms with E-state index in [4.69, 9.17) is 4.98 Å². The summed E-state index contributed by atoms with van der Waals surface area (Å²) in [7, 11) is 0. The van der Waals surface area contributed by atoms with Gasteiger partial charge in [0.05, 0.1) is 22.3 Å². The van der Waals surface area contributed by atoms with E-state index in [9.17, 15) is 0 Å². The van der Waals surface area contributed by atoms with Crippen LogP contribution in [0.5, 0.6) is 0 Å². The highest BCUT2D eigenvalue weighted by molar-refractivity contribution is 5.97. The minimum absolute atomic E-state index is 0.210. The molecule has 0 saturated carbocycles. The summed E-state index contributed by atoms with van der Waals surface area (Å²) in [5.74, 6) is 0.210. The molecule has 2 nitrogen and oxygen atoms in total. The molecule has 1 unspecified atom stereocenters. The predicted molar refractivity (Wildman–Crippen MR) is 242 cm³/mol. The SMILES string of the molecule is C=C/C(=C\C1=C(C)c2ccccc2C1(c1ccccc1)c1ccccc1)c1ccc2c(c1)CC(c1ccc3c(-c4ccccc4)cc(-c4ccccn4)nc3c1)C=C2. The summed E-state index contributed by atoms with van der Waals surface area (Å²) in [6.07, 6.45) is 11.8. The zero-order valence-corrected chi connectivity index (χ0v) is 32.5. The number of rotatable bonds is 8. The van der Waals surface area contributed by atoms with E-state index in [1.807, 2.05) is 30.5 Å². The lowest BCUT2D eigenvalue weighted by molar-refractivity contribution is 0.761. The summed E-state index contributed by atoms with van der Waals surface area (Å²) in [4.78, 5) is 9.85. The van der Waals surface area contributed by atoms with Crippen molar-refractivity contribution >= 4 is 28.1 Å². The number of aromatic nitrogens is 2. The van der Waals surface area contributed by atoms with Gasteiger partial charge < -0.3 is 0 Å². The molecule has 276 valence electrons. The second-order valence-corrected chi connectivity index (χ2v) is 15.4. The van der Waals surface area contributed by atoms with Crippen molar-refractivity contribution in [2.24, 2.45) is 0 Å². The summed E-state index contributed by atoms with van der Waals surface area (Å²) >= 11 is 0. The molecule has 8 aromatic rings. The summed E-state index contributed by atoms with van der Waals surface area (Å²) in [5.41, 5.74) is 18.4. The lowest BCUT2D eigenvalue weighted by atomic mass is 9.66. The number of benzene rings is 6. The fourth-order valence-corrected chi connectivity index (χ4v) is 9.36. The van der Waals surface area contributed by atoms with Gasteiger partial charge in [-0.15, -0.1) is 0 Å². The summed E-state index contributed by atoms with van der Waals surface area (Å²) in [6, 6.07) is 63.4. The van der Waals surface area contributed by atoms with Crippen molar-refractivity contribution in [1.29, 1.82) is 0 Å². The molecule has 0 bridgehead atoms. The van der Waals surface area contributed by atoms with Crippen LogP contribution in [0.25, 0.3) is 50.6 Å². The molecule has 58 heavy (non-hydrogen) atoms. The Balaban J connectivity index is 1.04. The Morgan fingerprint density at radius 3 is 2.10 bits per heavy atom. The molecule has 0 radical (unpaired) electrons. The molecule has 0 aliphatic heterocycles. The third kappa shape index (κ3) is 5.97. The Kier molecular flexibility index (Phi) is 8.96. The van der Waals surface area contributed by atoms with Crippen LogP contribution in [0, 0.1) is 0 Å². The quantitative estimate of drug-likeness (QED) is 0.145. The largest absolute Gasteiger partial charge is 0.255 e. The third-order valence-corrected chi connectivity index (χ3v) is 12.2. The van der Waals surface area contributed by atoms with Crippen molar-refractivity contribution in [3.05, 3.63) is 257 Å². The zero-order chi connectivity index (χ0) is 39.1. The number of fused-ring (bicyclic) bond motifs is 3. The Morgan fingerprint density at radius 1 is 0.672 bits per heavy atom. The Labute approximate surface area is 341 Å². The van der Waals surface area contributed by atoms with Crippen LogP contribution in [0.1, 0.15) is 57.3 Å². The molecule has 10 rings (SSSR count). The predicted octanol–water partition coefficient (Wildman–Crippen LogP) is 13.7. The van der Waals surface area contributed by atoms with Crippen LogP contribution in [0.4, 0.5) is 0 Å². The molecule has 2 heterocycles. The van der Waals surface area contributed by atoms with Gasteiger partial charge in [0, 0.05) is 17.5 Å². The third-order valence-electron chi connectivity index (χ3n) is 12.2. The van der Waals surface area contributed by atoms with Crippen LogP contribution in [0.3, 0.4) is 0 Å². The van der Waals surface area contributed by atoms with Crippen LogP contribution in [-0.4, -0.2) is 9.97 Å². The summed E-state index contributed by atoms with van der Waals surface area (Å²) in [5, 5.41) is 1.14. The molecular weight excluding hydrogens is 701 g/mol. The van der Waals surface area contributed by atoms with Gasteiger partial charge in [0.15, 0.2) is 0 Å². The molecule has 2 aromatic heterocycles. The molecule has 2 aliphatic carbocycles. The van der Waals surface area contributed by atoms with E-state index in [0.717, 1.165) is 39.8 Å². The van der Waals surface area contributed by atoms with E-state index < -0.39 is 5.41 Å². The number of nitrogens with zero attached hydrogens (tertiary/aromatic N) is 2. The van der Waals surface area contributed by atoms with Crippen LogP contribution >= 0.6 is 0 Å². The van der Waals surface area contributed by atoms with Crippen LogP contribution in [0.2, 0.25) is 0 Å². The maximum absolute atomic E-state index is 5.20. The highest BCUT2D eigenvalue weighted by atomic mass is 14.8. The average Bonchev–Trinajstić information content (AvgIpc) is 3.55. The fraction of sp³-hybridized carbons (Fsp3) is 0.0714. The normalized spacial score (nSPS) is 15.6. The van der Waals surface area contributed by atoms with Crippen molar-refractivity contribution in [1.82, 2.24) is 9.97 Å². The van der Waals surface area contributed by atoms with Gasteiger partial charge in [0.25, 0.3) is 0 Å². The lowest BCUT2D eigenvalue weighted by Gasteiger charge is -2.35. The minimum Gasteiger partial charge on any atom is -0.255 e. The standard InChI is InChI=1S/C56H42N2/c1-3-39(35-52-38(2)48-23-13-14-24-51(48)56(52,46-19-9-5-10-20-46)47-21-11-6-12-22-47)42-28-26-40-27-29-43(34-45(40)33-42)44-30-31-49-50(41-17-7-4-8-18-41)37-55(58-54(49)36-44)53-25-15-16-32-57-53/h3-33,35-37,43H,1,34H2,2H3/b39-35+. The molecule has 0 N–H and O–H groups in total. The van der Waals surface area contributed by atoms with Crippen molar-refractivity contribution in [3.8, 4) is 22.5 Å². The minimum atomic E-state index is -0.472.